The van der Waals surface area contributed by atoms with Crippen molar-refractivity contribution in [3.8, 4) is 0 Å². The number of nitrogens with zero attached hydrogens (tertiary/aromatic N) is 2. The predicted molar refractivity (Wildman–Crippen MR) is 82.8 cm³/mol. The van der Waals surface area contributed by atoms with Crippen molar-refractivity contribution in [1.29, 1.82) is 0 Å². The molecule has 21 heavy (non-hydrogen) atoms. The molecule has 0 unspecified atom stereocenters. The van der Waals surface area contributed by atoms with Crippen LogP contribution in [0.15, 0.2) is 4.52 Å². The fourth-order valence-electron chi connectivity index (χ4n) is 4.04. The van der Waals surface area contributed by atoms with Gasteiger partial charge in [0.1, 0.15) is 0 Å². The van der Waals surface area contributed by atoms with E-state index in [1.54, 1.807) is 0 Å². The molecule has 3 rings (SSSR count). The Hall–Kier alpha value is -0.900. The summed E-state index contributed by atoms with van der Waals surface area (Å²) in [5.41, 5.74) is 6.31. The van der Waals surface area contributed by atoms with Gasteiger partial charge in [-0.15, -0.1) is 0 Å². The van der Waals surface area contributed by atoms with Gasteiger partial charge < -0.3 is 10.3 Å². The van der Waals surface area contributed by atoms with Crippen molar-refractivity contribution in [2.45, 2.75) is 89.0 Å². The lowest BCUT2D eigenvalue weighted by molar-refractivity contribution is 0.211. The van der Waals surface area contributed by atoms with Crippen molar-refractivity contribution in [1.82, 2.24) is 10.1 Å². The van der Waals surface area contributed by atoms with Crippen molar-refractivity contribution in [2.75, 3.05) is 0 Å². The van der Waals surface area contributed by atoms with E-state index >= 15 is 0 Å². The highest BCUT2D eigenvalue weighted by Crippen LogP contribution is 2.41. The lowest BCUT2D eigenvalue weighted by Crippen LogP contribution is -2.41. The summed E-state index contributed by atoms with van der Waals surface area (Å²) < 4.78 is 5.64. The van der Waals surface area contributed by atoms with E-state index < -0.39 is 0 Å². The summed E-state index contributed by atoms with van der Waals surface area (Å²) in [6.07, 6.45) is 11.8. The molecule has 0 spiro atoms. The highest BCUT2D eigenvalue weighted by Gasteiger charge is 2.40. The molecule has 118 valence electrons. The molecule has 0 atom stereocenters. The maximum absolute atomic E-state index is 6.60. The molecule has 0 bridgehead atoms. The molecule has 2 aliphatic carbocycles. The molecular weight excluding hydrogens is 262 g/mol. The van der Waals surface area contributed by atoms with Crippen LogP contribution in [0.3, 0.4) is 0 Å². The molecule has 2 N–H and O–H groups in total. The van der Waals surface area contributed by atoms with Gasteiger partial charge >= 0.3 is 0 Å². The zero-order valence-corrected chi connectivity index (χ0v) is 13.5. The van der Waals surface area contributed by atoms with Crippen LogP contribution in [0.5, 0.6) is 0 Å². The second kappa shape index (κ2) is 5.71. The SMILES string of the molecule is CCC1CCC(N)(c2noc(C3(C)CCCCC3)n2)CC1. The molecule has 2 aliphatic rings. The smallest absolute Gasteiger partial charge is 0.232 e. The monoisotopic (exact) mass is 291 g/mol. The predicted octanol–water partition coefficient (Wildman–Crippen LogP) is 4.05. The van der Waals surface area contributed by atoms with Crippen LogP contribution in [0.2, 0.25) is 0 Å². The highest BCUT2D eigenvalue weighted by atomic mass is 16.5. The Morgan fingerprint density at radius 2 is 1.81 bits per heavy atom. The Morgan fingerprint density at radius 3 is 2.43 bits per heavy atom. The first-order valence-electron chi connectivity index (χ1n) is 8.69. The minimum Gasteiger partial charge on any atom is -0.339 e. The zero-order chi connectivity index (χ0) is 14.9. The van der Waals surface area contributed by atoms with E-state index in [0.717, 1.165) is 43.3 Å². The normalized spacial score (nSPS) is 33.0. The minimum absolute atomic E-state index is 0.0699. The van der Waals surface area contributed by atoms with E-state index in [9.17, 15) is 0 Å². The number of hydrogen-bond donors (Lipinski definition) is 1. The summed E-state index contributed by atoms with van der Waals surface area (Å²) in [5.74, 6) is 2.39. The van der Waals surface area contributed by atoms with Gasteiger partial charge in [-0.2, -0.15) is 4.98 Å². The Bertz CT molecular complexity index is 468. The van der Waals surface area contributed by atoms with Crippen molar-refractivity contribution >= 4 is 0 Å². The molecule has 0 amide bonds. The Labute approximate surface area is 127 Å². The van der Waals surface area contributed by atoms with E-state index in [-0.39, 0.29) is 11.0 Å². The molecule has 0 aliphatic heterocycles. The third-order valence-electron chi connectivity index (χ3n) is 5.92. The Kier molecular flexibility index (Phi) is 4.08. The molecule has 0 radical (unpaired) electrons. The molecule has 4 nitrogen and oxygen atoms in total. The first-order chi connectivity index (χ1) is 10.1. The lowest BCUT2D eigenvalue weighted by atomic mass is 9.75. The van der Waals surface area contributed by atoms with E-state index in [1.165, 1.54) is 38.5 Å². The maximum atomic E-state index is 6.60. The average Bonchev–Trinajstić information content (AvgIpc) is 3.00. The van der Waals surface area contributed by atoms with Crippen LogP contribution < -0.4 is 5.73 Å². The fraction of sp³-hybridized carbons (Fsp3) is 0.882. The van der Waals surface area contributed by atoms with E-state index in [0.29, 0.717) is 0 Å². The first-order valence-corrected chi connectivity index (χ1v) is 8.69. The zero-order valence-electron chi connectivity index (χ0n) is 13.5. The van der Waals surface area contributed by atoms with Gasteiger partial charge in [-0.3, -0.25) is 0 Å². The second-order valence-electron chi connectivity index (χ2n) is 7.55. The van der Waals surface area contributed by atoms with Crippen LogP contribution in [-0.4, -0.2) is 10.1 Å². The molecule has 1 aromatic rings. The van der Waals surface area contributed by atoms with E-state index in [1.807, 2.05) is 0 Å². The van der Waals surface area contributed by atoms with Gasteiger partial charge in [0.25, 0.3) is 0 Å². The number of hydrogen-bond acceptors (Lipinski definition) is 4. The number of nitrogens with two attached hydrogens (primary N) is 1. The summed E-state index contributed by atoms with van der Waals surface area (Å²) in [4.78, 5) is 4.75. The van der Waals surface area contributed by atoms with Crippen LogP contribution in [0.25, 0.3) is 0 Å². The Morgan fingerprint density at radius 1 is 1.14 bits per heavy atom. The molecule has 0 saturated heterocycles. The fourth-order valence-corrected chi connectivity index (χ4v) is 4.04. The van der Waals surface area contributed by atoms with Crippen molar-refractivity contribution in [3.05, 3.63) is 11.7 Å². The van der Waals surface area contributed by atoms with Crippen molar-refractivity contribution in [2.24, 2.45) is 11.7 Å². The quantitative estimate of drug-likeness (QED) is 0.912. The molecule has 0 aromatic carbocycles. The van der Waals surface area contributed by atoms with Gasteiger partial charge in [0, 0.05) is 5.41 Å². The summed E-state index contributed by atoms with van der Waals surface area (Å²) in [6.45, 7) is 4.53. The van der Waals surface area contributed by atoms with Gasteiger partial charge in [-0.1, -0.05) is 44.7 Å². The summed E-state index contributed by atoms with van der Waals surface area (Å²) in [6, 6.07) is 0. The van der Waals surface area contributed by atoms with Gasteiger partial charge in [-0.05, 0) is 44.4 Å². The lowest BCUT2D eigenvalue weighted by Gasteiger charge is -2.34. The number of aromatic nitrogens is 2. The van der Waals surface area contributed by atoms with Crippen LogP contribution in [0.4, 0.5) is 0 Å². The highest BCUT2D eigenvalue weighted by molar-refractivity contribution is 5.11. The standard InChI is InChI=1S/C17H29N3O/c1-3-13-7-11-17(18,12-8-13)14-19-15(21-20-14)16(2)9-5-4-6-10-16/h13H,3-12,18H2,1-2H3. The third kappa shape index (κ3) is 2.87. The van der Waals surface area contributed by atoms with Crippen molar-refractivity contribution in [3.63, 3.8) is 0 Å². The van der Waals surface area contributed by atoms with Crippen LogP contribution in [-0.2, 0) is 11.0 Å². The van der Waals surface area contributed by atoms with E-state index in [4.69, 9.17) is 15.2 Å². The van der Waals surface area contributed by atoms with Crippen LogP contribution in [0, 0.1) is 5.92 Å². The molecule has 4 heteroatoms. The first kappa shape index (κ1) is 15.0. The van der Waals surface area contributed by atoms with Crippen molar-refractivity contribution < 1.29 is 4.52 Å². The molecule has 2 saturated carbocycles. The second-order valence-corrected chi connectivity index (χ2v) is 7.55. The molecule has 1 aromatic heterocycles. The largest absolute Gasteiger partial charge is 0.339 e. The van der Waals surface area contributed by atoms with Gasteiger partial charge in [0.05, 0.1) is 5.54 Å². The van der Waals surface area contributed by atoms with Crippen LogP contribution in [0.1, 0.15) is 89.8 Å². The van der Waals surface area contributed by atoms with Gasteiger partial charge in [-0.25, -0.2) is 0 Å². The minimum atomic E-state index is -0.363. The average molecular weight is 291 g/mol. The summed E-state index contributed by atoms with van der Waals surface area (Å²) in [5, 5.41) is 4.27. The van der Waals surface area contributed by atoms with Gasteiger partial charge in [0.15, 0.2) is 5.82 Å². The van der Waals surface area contributed by atoms with Crippen LogP contribution >= 0.6 is 0 Å². The number of rotatable bonds is 3. The maximum Gasteiger partial charge on any atom is 0.232 e. The third-order valence-corrected chi connectivity index (χ3v) is 5.92. The van der Waals surface area contributed by atoms with E-state index in [2.05, 4.69) is 19.0 Å². The Balaban J connectivity index is 1.75. The summed E-state index contributed by atoms with van der Waals surface area (Å²) >= 11 is 0. The molecule has 2 fully saturated rings. The molecular formula is C17H29N3O. The topological polar surface area (TPSA) is 64.9 Å². The molecule has 1 heterocycles. The summed E-state index contributed by atoms with van der Waals surface area (Å²) in [7, 11) is 0. The van der Waals surface area contributed by atoms with Gasteiger partial charge in [0.2, 0.25) is 5.89 Å².